The minimum Gasteiger partial charge on any atom is -0.496 e. The molecule has 138 valence electrons. The predicted molar refractivity (Wildman–Crippen MR) is 103 cm³/mol. The van der Waals surface area contributed by atoms with Crippen LogP contribution in [0.2, 0.25) is 0 Å². The predicted octanol–water partition coefficient (Wildman–Crippen LogP) is 2.43. The SMILES string of the molecule is CN=C(NCc1ccc(OC)c(C(=O)OC)c1)NC1CCC(SC)C1. The Morgan fingerprint density at radius 1 is 1.36 bits per heavy atom. The summed E-state index contributed by atoms with van der Waals surface area (Å²) in [4.78, 5) is 16.2. The molecule has 1 aromatic rings. The molecule has 0 aliphatic heterocycles. The number of nitrogens with zero attached hydrogens (tertiary/aromatic N) is 1. The summed E-state index contributed by atoms with van der Waals surface area (Å²) < 4.78 is 10.0. The first-order valence-corrected chi connectivity index (χ1v) is 9.65. The summed E-state index contributed by atoms with van der Waals surface area (Å²) in [6.07, 6.45) is 5.75. The minimum absolute atomic E-state index is 0.407. The van der Waals surface area contributed by atoms with E-state index in [1.165, 1.54) is 27.1 Å². The van der Waals surface area contributed by atoms with Gasteiger partial charge < -0.3 is 20.1 Å². The Morgan fingerprint density at radius 2 is 2.16 bits per heavy atom. The van der Waals surface area contributed by atoms with E-state index in [9.17, 15) is 4.79 Å². The fourth-order valence-electron chi connectivity index (χ4n) is 2.99. The Balaban J connectivity index is 1.96. The standard InChI is InChI=1S/C18H27N3O3S/c1-19-18(21-13-6-7-14(10-13)25-4)20-11-12-5-8-16(23-2)15(9-12)17(22)24-3/h5,8-9,13-14H,6-7,10-11H2,1-4H3,(H2,19,20,21). The molecule has 2 unspecified atom stereocenters. The van der Waals surface area contributed by atoms with Crippen LogP contribution in [0.15, 0.2) is 23.2 Å². The van der Waals surface area contributed by atoms with Gasteiger partial charge in [0.1, 0.15) is 11.3 Å². The minimum atomic E-state index is -0.407. The molecular formula is C18H27N3O3S. The molecule has 0 radical (unpaired) electrons. The Kier molecular flexibility index (Phi) is 7.43. The maximum Gasteiger partial charge on any atom is 0.341 e. The van der Waals surface area contributed by atoms with Crippen molar-refractivity contribution in [3.63, 3.8) is 0 Å². The Bertz CT molecular complexity index is 622. The lowest BCUT2D eigenvalue weighted by molar-refractivity contribution is 0.0597. The van der Waals surface area contributed by atoms with Crippen LogP contribution in [0.4, 0.5) is 0 Å². The average Bonchev–Trinajstić information content (AvgIpc) is 3.11. The first-order valence-electron chi connectivity index (χ1n) is 8.36. The molecule has 1 aliphatic rings. The maximum atomic E-state index is 11.9. The third-order valence-electron chi connectivity index (χ3n) is 4.41. The van der Waals surface area contributed by atoms with Crippen LogP contribution in [0.3, 0.4) is 0 Å². The Labute approximate surface area is 153 Å². The molecule has 0 saturated heterocycles. The largest absolute Gasteiger partial charge is 0.496 e. The van der Waals surface area contributed by atoms with Crippen molar-refractivity contribution in [1.29, 1.82) is 0 Å². The van der Waals surface area contributed by atoms with Crippen molar-refractivity contribution in [2.45, 2.75) is 37.1 Å². The van der Waals surface area contributed by atoms with Crippen molar-refractivity contribution in [1.82, 2.24) is 10.6 Å². The van der Waals surface area contributed by atoms with Crippen molar-refractivity contribution in [3.8, 4) is 5.75 Å². The molecule has 0 heterocycles. The van der Waals surface area contributed by atoms with E-state index in [1.807, 2.05) is 17.8 Å². The van der Waals surface area contributed by atoms with Crippen LogP contribution in [0.1, 0.15) is 35.2 Å². The lowest BCUT2D eigenvalue weighted by atomic mass is 10.1. The number of hydrogen-bond donors (Lipinski definition) is 2. The molecular weight excluding hydrogens is 338 g/mol. The summed E-state index contributed by atoms with van der Waals surface area (Å²) in [6.45, 7) is 0.562. The summed E-state index contributed by atoms with van der Waals surface area (Å²) in [5.41, 5.74) is 1.38. The quantitative estimate of drug-likeness (QED) is 0.458. The molecule has 2 N–H and O–H groups in total. The molecule has 0 spiro atoms. The van der Waals surface area contributed by atoms with E-state index in [1.54, 1.807) is 19.2 Å². The van der Waals surface area contributed by atoms with Gasteiger partial charge in [0.2, 0.25) is 0 Å². The first kappa shape index (κ1) is 19.4. The van der Waals surface area contributed by atoms with Crippen molar-refractivity contribution in [2.24, 2.45) is 4.99 Å². The van der Waals surface area contributed by atoms with Gasteiger partial charge in [0.25, 0.3) is 0 Å². The topological polar surface area (TPSA) is 72.0 Å². The summed E-state index contributed by atoms with van der Waals surface area (Å²) in [7, 11) is 4.67. The van der Waals surface area contributed by atoms with E-state index in [0.29, 0.717) is 23.9 Å². The van der Waals surface area contributed by atoms with E-state index in [2.05, 4.69) is 21.9 Å². The van der Waals surface area contributed by atoms with Gasteiger partial charge in [-0.2, -0.15) is 11.8 Å². The van der Waals surface area contributed by atoms with Crippen LogP contribution in [0, 0.1) is 0 Å². The van der Waals surface area contributed by atoms with Crippen LogP contribution in [0.25, 0.3) is 0 Å². The summed E-state index contributed by atoms with van der Waals surface area (Å²) in [5.74, 6) is 0.879. The number of carbonyl (C=O) groups is 1. The van der Waals surface area contributed by atoms with Crippen LogP contribution < -0.4 is 15.4 Å². The van der Waals surface area contributed by atoms with Gasteiger partial charge in [-0.15, -0.1) is 0 Å². The van der Waals surface area contributed by atoms with E-state index in [4.69, 9.17) is 9.47 Å². The molecule has 6 nitrogen and oxygen atoms in total. The van der Waals surface area contributed by atoms with Gasteiger partial charge in [0, 0.05) is 24.9 Å². The Hall–Kier alpha value is -1.89. The highest BCUT2D eigenvalue weighted by Crippen LogP contribution is 2.28. The Morgan fingerprint density at radius 3 is 2.76 bits per heavy atom. The molecule has 1 saturated carbocycles. The molecule has 1 aliphatic carbocycles. The zero-order valence-electron chi connectivity index (χ0n) is 15.3. The van der Waals surface area contributed by atoms with Crippen molar-refractivity contribution in [2.75, 3.05) is 27.5 Å². The number of thioether (sulfide) groups is 1. The zero-order chi connectivity index (χ0) is 18.2. The second-order valence-electron chi connectivity index (χ2n) is 5.96. The highest BCUT2D eigenvalue weighted by molar-refractivity contribution is 7.99. The number of ether oxygens (including phenoxy) is 2. The average molecular weight is 365 g/mol. The number of carbonyl (C=O) groups excluding carboxylic acids is 1. The van der Waals surface area contributed by atoms with Gasteiger partial charge >= 0.3 is 5.97 Å². The number of esters is 1. The van der Waals surface area contributed by atoms with E-state index in [0.717, 1.165) is 23.2 Å². The lowest BCUT2D eigenvalue weighted by Crippen LogP contribution is -2.42. The molecule has 0 bridgehead atoms. The number of hydrogen-bond acceptors (Lipinski definition) is 5. The smallest absolute Gasteiger partial charge is 0.341 e. The van der Waals surface area contributed by atoms with E-state index < -0.39 is 5.97 Å². The molecule has 1 aromatic carbocycles. The molecule has 7 heteroatoms. The van der Waals surface area contributed by atoms with Gasteiger partial charge in [0.05, 0.1) is 14.2 Å². The van der Waals surface area contributed by atoms with Gasteiger partial charge in [-0.05, 0) is 43.2 Å². The molecule has 2 rings (SSSR count). The van der Waals surface area contributed by atoms with E-state index in [-0.39, 0.29) is 0 Å². The van der Waals surface area contributed by atoms with Gasteiger partial charge in [-0.3, -0.25) is 4.99 Å². The lowest BCUT2D eigenvalue weighted by Gasteiger charge is -2.17. The normalized spacial score (nSPS) is 20.2. The number of rotatable bonds is 6. The van der Waals surface area contributed by atoms with Gasteiger partial charge in [0.15, 0.2) is 5.96 Å². The van der Waals surface area contributed by atoms with Crippen LogP contribution in [-0.4, -0.2) is 50.7 Å². The monoisotopic (exact) mass is 365 g/mol. The fourth-order valence-corrected chi connectivity index (χ4v) is 3.79. The van der Waals surface area contributed by atoms with Crippen LogP contribution >= 0.6 is 11.8 Å². The molecule has 2 atom stereocenters. The highest BCUT2D eigenvalue weighted by atomic mass is 32.2. The highest BCUT2D eigenvalue weighted by Gasteiger charge is 2.24. The number of guanidine groups is 1. The van der Waals surface area contributed by atoms with Gasteiger partial charge in [-0.1, -0.05) is 6.07 Å². The summed E-state index contributed by atoms with van der Waals surface area (Å²) >= 11 is 1.94. The second kappa shape index (κ2) is 9.56. The third-order valence-corrected chi connectivity index (χ3v) is 5.51. The zero-order valence-corrected chi connectivity index (χ0v) is 16.1. The molecule has 0 amide bonds. The maximum absolute atomic E-state index is 11.9. The summed E-state index contributed by atoms with van der Waals surface area (Å²) in [6, 6.07) is 5.94. The van der Waals surface area contributed by atoms with Crippen LogP contribution in [0.5, 0.6) is 5.75 Å². The van der Waals surface area contributed by atoms with E-state index >= 15 is 0 Å². The fraction of sp³-hybridized carbons (Fsp3) is 0.556. The molecule has 0 aromatic heterocycles. The number of nitrogens with one attached hydrogen (secondary N) is 2. The number of benzene rings is 1. The van der Waals surface area contributed by atoms with Crippen molar-refractivity contribution < 1.29 is 14.3 Å². The summed E-state index contributed by atoms with van der Waals surface area (Å²) in [5, 5.41) is 7.52. The second-order valence-corrected chi connectivity index (χ2v) is 7.10. The van der Waals surface area contributed by atoms with Crippen molar-refractivity contribution >= 4 is 23.7 Å². The first-order chi connectivity index (χ1) is 12.1. The molecule has 25 heavy (non-hydrogen) atoms. The number of aliphatic imine (C=N–C) groups is 1. The van der Waals surface area contributed by atoms with Crippen LogP contribution in [-0.2, 0) is 11.3 Å². The third kappa shape index (κ3) is 5.29. The molecule has 1 fully saturated rings. The van der Waals surface area contributed by atoms with Gasteiger partial charge in [-0.25, -0.2) is 4.79 Å². The number of methoxy groups -OCH3 is 2. The van der Waals surface area contributed by atoms with Crippen molar-refractivity contribution in [3.05, 3.63) is 29.3 Å².